The largest absolute Gasteiger partial charge is 0.454 e. The first-order valence-electron chi connectivity index (χ1n) is 5.04. The molecule has 0 saturated heterocycles. The first-order valence-corrected chi connectivity index (χ1v) is 6.12. The van der Waals surface area contributed by atoms with Crippen LogP contribution in [-0.4, -0.2) is 6.54 Å². The number of hydrogen-bond donors (Lipinski definition) is 1. The Labute approximate surface area is 99.6 Å². The second-order valence-corrected chi connectivity index (χ2v) is 5.12. The van der Waals surface area contributed by atoms with Gasteiger partial charge in [-0.2, -0.15) is 0 Å². The van der Waals surface area contributed by atoms with Crippen LogP contribution in [0.1, 0.15) is 26.5 Å². The molecule has 0 aromatic carbocycles. The van der Waals surface area contributed by atoms with Crippen LogP contribution < -0.4 is 5.32 Å². The predicted octanol–water partition coefficient (Wildman–Crippen LogP) is 3.27. The van der Waals surface area contributed by atoms with Crippen LogP contribution in [0.15, 0.2) is 16.5 Å². The van der Waals surface area contributed by atoms with Gasteiger partial charge in [0.2, 0.25) is 0 Å². The van der Waals surface area contributed by atoms with Gasteiger partial charge in [-0.15, -0.1) is 0 Å². The highest BCUT2D eigenvalue weighted by atomic mass is 127. The summed E-state index contributed by atoms with van der Waals surface area (Å²) in [6.45, 7) is 8.66. The van der Waals surface area contributed by atoms with E-state index in [0.29, 0.717) is 5.92 Å². The summed E-state index contributed by atoms with van der Waals surface area (Å²) in [5.41, 5.74) is 0. The lowest BCUT2D eigenvalue weighted by atomic mass is 9.98. The molecule has 0 aliphatic carbocycles. The standard InChI is InChI=1S/C11H18INO/c1-8(2)9(3)6-13-7-10-4-5-11(12)14-10/h4-5,8-9,13H,6-7H2,1-3H3. The van der Waals surface area contributed by atoms with Gasteiger partial charge >= 0.3 is 0 Å². The third-order valence-electron chi connectivity index (χ3n) is 2.53. The van der Waals surface area contributed by atoms with Crippen LogP contribution in [0.2, 0.25) is 0 Å². The predicted molar refractivity (Wildman–Crippen MR) is 67.1 cm³/mol. The van der Waals surface area contributed by atoms with Crippen molar-refractivity contribution in [3.8, 4) is 0 Å². The van der Waals surface area contributed by atoms with Crippen LogP contribution in [0.4, 0.5) is 0 Å². The van der Waals surface area contributed by atoms with Crippen molar-refractivity contribution in [1.82, 2.24) is 5.32 Å². The molecular weight excluding hydrogens is 289 g/mol. The van der Waals surface area contributed by atoms with Crippen LogP contribution in [0.5, 0.6) is 0 Å². The molecule has 1 N–H and O–H groups in total. The highest BCUT2D eigenvalue weighted by Crippen LogP contribution is 2.11. The van der Waals surface area contributed by atoms with E-state index < -0.39 is 0 Å². The lowest BCUT2D eigenvalue weighted by Gasteiger charge is -2.15. The van der Waals surface area contributed by atoms with Gasteiger partial charge in [0.25, 0.3) is 0 Å². The Bertz CT molecular complexity index is 270. The van der Waals surface area contributed by atoms with Gasteiger partial charge in [0.15, 0.2) is 3.77 Å². The summed E-state index contributed by atoms with van der Waals surface area (Å²) in [6, 6.07) is 4.01. The summed E-state index contributed by atoms with van der Waals surface area (Å²) in [6.07, 6.45) is 0. The van der Waals surface area contributed by atoms with Gasteiger partial charge in [0.1, 0.15) is 5.76 Å². The van der Waals surface area contributed by atoms with Gasteiger partial charge in [-0.3, -0.25) is 0 Å². The number of furan rings is 1. The van der Waals surface area contributed by atoms with E-state index in [-0.39, 0.29) is 0 Å². The minimum atomic E-state index is 0.712. The lowest BCUT2D eigenvalue weighted by Crippen LogP contribution is -2.23. The quantitative estimate of drug-likeness (QED) is 0.845. The summed E-state index contributed by atoms with van der Waals surface area (Å²) >= 11 is 2.18. The fourth-order valence-corrected chi connectivity index (χ4v) is 1.57. The van der Waals surface area contributed by atoms with Crippen molar-refractivity contribution in [1.29, 1.82) is 0 Å². The molecule has 0 amide bonds. The molecular formula is C11H18INO. The minimum Gasteiger partial charge on any atom is -0.454 e. The Kier molecular flexibility index (Phi) is 4.95. The molecule has 0 saturated carbocycles. The smallest absolute Gasteiger partial charge is 0.164 e. The molecule has 1 rings (SSSR count). The molecule has 0 bridgehead atoms. The second kappa shape index (κ2) is 5.75. The van der Waals surface area contributed by atoms with Crippen LogP contribution in [-0.2, 0) is 6.54 Å². The summed E-state index contributed by atoms with van der Waals surface area (Å²) in [5, 5.41) is 3.40. The van der Waals surface area contributed by atoms with E-state index in [2.05, 4.69) is 48.7 Å². The lowest BCUT2D eigenvalue weighted by molar-refractivity contribution is 0.378. The number of rotatable bonds is 5. The van der Waals surface area contributed by atoms with Crippen LogP contribution >= 0.6 is 22.6 Å². The number of nitrogens with one attached hydrogen (secondary N) is 1. The molecule has 1 unspecified atom stereocenters. The molecule has 0 aliphatic rings. The van der Waals surface area contributed by atoms with Crippen molar-refractivity contribution in [2.75, 3.05) is 6.54 Å². The molecule has 1 heterocycles. The minimum absolute atomic E-state index is 0.712. The van der Waals surface area contributed by atoms with Crippen LogP contribution in [0.25, 0.3) is 0 Å². The molecule has 3 heteroatoms. The van der Waals surface area contributed by atoms with Crippen LogP contribution in [0, 0.1) is 15.6 Å². The molecule has 1 atom stereocenters. The van der Waals surface area contributed by atoms with Gasteiger partial charge < -0.3 is 9.73 Å². The van der Waals surface area contributed by atoms with E-state index in [1.165, 1.54) is 0 Å². The fourth-order valence-electron chi connectivity index (χ4n) is 1.11. The maximum absolute atomic E-state index is 5.45. The maximum Gasteiger partial charge on any atom is 0.164 e. The molecule has 0 fully saturated rings. The van der Waals surface area contributed by atoms with Gasteiger partial charge in [0, 0.05) is 0 Å². The first kappa shape index (κ1) is 12.0. The Hall–Kier alpha value is -0.0300. The average molecular weight is 307 g/mol. The summed E-state index contributed by atoms with van der Waals surface area (Å²) in [4.78, 5) is 0. The molecule has 0 spiro atoms. The van der Waals surface area contributed by atoms with E-state index in [9.17, 15) is 0 Å². The molecule has 1 aromatic rings. The van der Waals surface area contributed by atoms with Crippen molar-refractivity contribution in [2.45, 2.75) is 27.3 Å². The third-order valence-corrected chi connectivity index (χ3v) is 3.11. The summed E-state index contributed by atoms with van der Waals surface area (Å²) < 4.78 is 6.40. The van der Waals surface area contributed by atoms with Crippen molar-refractivity contribution >= 4 is 22.6 Å². The van der Waals surface area contributed by atoms with Crippen molar-refractivity contribution in [3.63, 3.8) is 0 Å². The summed E-state index contributed by atoms with van der Waals surface area (Å²) in [7, 11) is 0. The Morgan fingerprint density at radius 1 is 1.36 bits per heavy atom. The van der Waals surface area contributed by atoms with Gasteiger partial charge in [-0.05, 0) is 53.1 Å². The molecule has 2 nitrogen and oxygen atoms in total. The SMILES string of the molecule is CC(C)C(C)CNCc1ccc(I)o1. The molecule has 80 valence electrons. The number of hydrogen-bond acceptors (Lipinski definition) is 2. The maximum atomic E-state index is 5.45. The normalized spacial score (nSPS) is 13.5. The van der Waals surface area contributed by atoms with E-state index in [1.807, 2.05) is 12.1 Å². The first-order chi connectivity index (χ1) is 6.59. The highest BCUT2D eigenvalue weighted by Gasteiger charge is 2.06. The van der Waals surface area contributed by atoms with E-state index in [1.54, 1.807) is 0 Å². The Balaban J connectivity index is 2.22. The fraction of sp³-hybridized carbons (Fsp3) is 0.636. The zero-order chi connectivity index (χ0) is 10.6. The highest BCUT2D eigenvalue weighted by molar-refractivity contribution is 14.1. The molecule has 0 aliphatic heterocycles. The second-order valence-electron chi connectivity index (χ2n) is 4.06. The molecule has 14 heavy (non-hydrogen) atoms. The van der Waals surface area contributed by atoms with E-state index in [0.717, 1.165) is 28.5 Å². The summed E-state index contributed by atoms with van der Waals surface area (Å²) in [5.74, 6) is 2.47. The topological polar surface area (TPSA) is 25.2 Å². The van der Waals surface area contributed by atoms with Gasteiger partial charge in [-0.1, -0.05) is 20.8 Å². The molecule has 0 radical (unpaired) electrons. The average Bonchev–Trinajstić information content (AvgIpc) is 2.51. The van der Waals surface area contributed by atoms with Gasteiger partial charge in [-0.25, -0.2) is 0 Å². The third kappa shape index (κ3) is 4.00. The number of halogens is 1. The zero-order valence-electron chi connectivity index (χ0n) is 9.01. The van der Waals surface area contributed by atoms with Gasteiger partial charge in [0.05, 0.1) is 6.54 Å². The van der Waals surface area contributed by atoms with Crippen molar-refractivity contribution in [2.24, 2.45) is 11.8 Å². The molecule has 1 aromatic heterocycles. The van der Waals surface area contributed by atoms with Crippen molar-refractivity contribution in [3.05, 3.63) is 21.7 Å². The Morgan fingerprint density at radius 2 is 2.07 bits per heavy atom. The van der Waals surface area contributed by atoms with E-state index >= 15 is 0 Å². The Morgan fingerprint density at radius 3 is 2.57 bits per heavy atom. The monoisotopic (exact) mass is 307 g/mol. The van der Waals surface area contributed by atoms with E-state index in [4.69, 9.17) is 4.42 Å². The van der Waals surface area contributed by atoms with Crippen molar-refractivity contribution < 1.29 is 4.42 Å². The van der Waals surface area contributed by atoms with Crippen LogP contribution in [0.3, 0.4) is 0 Å². The zero-order valence-corrected chi connectivity index (χ0v) is 11.2.